The summed E-state index contributed by atoms with van der Waals surface area (Å²) < 4.78 is 11.0. The summed E-state index contributed by atoms with van der Waals surface area (Å²) in [6, 6.07) is 13.4. The molecule has 0 N–H and O–H groups in total. The summed E-state index contributed by atoms with van der Waals surface area (Å²) in [5, 5.41) is 0. The van der Waals surface area contributed by atoms with Crippen molar-refractivity contribution in [1.29, 1.82) is 0 Å². The van der Waals surface area contributed by atoms with Crippen molar-refractivity contribution in [2.45, 2.75) is 32.6 Å². The smallest absolute Gasteiger partial charge is 0.231 e. The summed E-state index contributed by atoms with van der Waals surface area (Å²) in [5.74, 6) is 0.643. The average Bonchev–Trinajstić information content (AvgIpc) is 3.28. The number of ketones is 2. The zero-order valence-corrected chi connectivity index (χ0v) is 16.9. The highest BCUT2D eigenvalue weighted by Gasteiger charge is 2.50. The van der Waals surface area contributed by atoms with Crippen LogP contribution in [-0.2, 0) is 4.79 Å². The van der Waals surface area contributed by atoms with Gasteiger partial charge >= 0.3 is 0 Å². The lowest BCUT2D eigenvalue weighted by atomic mass is 9.66. The molecule has 2 aromatic rings. The maximum absolute atomic E-state index is 13.5. The standard InChI is InChI=1S/C25H21NO4/c1-25(2)10-16-21(17(27)11-25)20(13-7-8-18-19(9-13)30-12-29-18)22-23(26-16)14-5-3-4-6-15(14)24(22)28/h3-9,20,22H,10-12H2,1-2H3. The molecular formula is C25H21NO4. The van der Waals surface area contributed by atoms with E-state index in [4.69, 9.17) is 14.5 Å². The maximum Gasteiger partial charge on any atom is 0.231 e. The number of fused-ring (bicyclic) bond motifs is 4. The molecule has 2 aliphatic carbocycles. The molecule has 2 heterocycles. The lowest BCUT2D eigenvalue weighted by molar-refractivity contribution is -0.118. The van der Waals surface area contributed by atoms with Crippen LogP contribution in [0.2, 0.25) is 0 Å². The molecule has 6 rings (SSSR count). The van der Waals surface area contributed by atoms with E-state index in [1.807, 2.05) is 42.5 Å². The molecule has 0 radical (unpaired) electrons. The summed E-state index contributed by atoms with van der Waals surface area (Å²) in [6.45, 7) is 4.39. The Morgan fingerprint density at radius 3 is 2.53 bits per heavy atom. The number of rotatable bonds is 1. The van der Waals surface area contributed by atoms with Gasteiger partial charge in [-0.25, -0.2) is 0 Å². The van der Waals surface area contributed by atoms with Crippen LogP contribution in [0, 0.1) is 11.3 Å². The van der Waals surface area contributed by atoms with E-state index in [2.05, 4.69) is 13.8 Å². The van der Waals surface area contributed by atoms with Gasteiger partial charge in [0.2, 0.25) is 6.79 Å². The van der Waals surface area contributed by atoms with Crippen molar-refractivity contribution in [2.75, 3.05) is 6.79 Å². The highest BCUT2D eigenvalue weighted by Crippen LogP contribution is 2.52. The SMILES string of the molecule is CC1(C)CC(=O)C2=C(C1)N=C1c3ccccc3C(=O)C1C2c1ccc2c(c1)OCO2. The molecule has 2 atom stereocenters. The molecule has 0 saturated carbocycles. The predicted molar refractivity (Wildman–Crippen MR) is 111 cm³/mol. The van der Waals surface area contributed by atoms with E-state index in [0.717, 1.165) is 29.0 Å². The zero-order valence-electron chi connectivity index (χ0n) is 16.9. The monoisotopic (exact) mass is 399 g/mol. The third kappa shape index (κ3) is 2.38. The number of Topliss-reactive ketones (excluding diaryl/α,β-unsaturated/α-hetero) is 2. The van der Waals surface area contributed by atoms with Gasteiger partial charge in [0.05, 0.1) is 11.6 Å². The Morgan fingerprint density at radius 2 is 1.70 bits per heavy atom. The number of carbonyl (C=O) groups is 2. The van der Waals surface area contributed by atoms with Gasteiger partial charge in [-0.2, -0.15) is 0 Å². The first kappa shape index (κ1) is 17.6. The summed E-state index contributed by atoms with van der Waals surface area (Å²) in [5.41, 5.74) is 4.66. The van der Waals surface area contributed by atoms with E-state index in [9.17, 15) is 9.59 Å². The average molecular weight is 399 g/mol. The molecule has 0 aromatic heterocycles. The Kier molecular flexibility index (Phi) is 3.47. The van der Waals surface area contributed by atoms with E-state index in [-0.39, 0.29) is 29.7 Å². The first-order chi connectivity index (χ1) is 14.4. The Labute approximate surface area is 174 Å². The second-order valence-corrected chi connectivity index (χ2v) is 9.28. The minimum Gasteiger partial charge on any atom is -0.454 e. The summed E-state index contributed by atoms with van der Waals surface area (Å²) in [6.07, 6.45) is 1.19. The highest BCUT2D eigenvalue weighted by atomic mass is 16.7. The topological polar surface area (TPSA) is 65.0 Å². The fourth-order valence-electron chi connectivity index (χ4n) is 5.35. The van der Waals surface area contributed by atoms with Gasteiger partial charge in [0.15, 0.2) is 23.1 Å². The summed E-state index contributed by atoms with van der Waals surface area (Å²) in [4.78, 5) is 31.8. The Morgan fingerprint density at radius 1 is 0.933 bits per heavy atom. The highest BCUT2D eigenvalue weighted by molar-refractivity contribution is 6.30. The van der Waals surface area contributed by atoms with Gasteiger partial charge in [-0.1, -0.05) is 44.2 Å². The number of ether oxygens (including phenoxy) is 2. The van der Waals surface area contributed by atoms with Gasteiger partial charge in [0.25, 0.3) is 0 Å². The zero-order chi connectivity index (χ0) is 20.6. The normalized spacial score (nSPS) is 25.6. The van der Waals surface area contributed by atoms with Crippen LogP contribution in [-0.4, -0.2) is 24.1 Å². The van der Waals surface area contributed by atoms with Crippen molar-refractivity contribution in [1.82, 2.24) is 0 Å². The largest absolute Gasteiger partial charge is 0.454 e. The van der Waals surface area contributed by atoms with E-state index in [1.165, 1.54) is 0 Å². The lowest BCUT2D eigenvalue weighted by Gasteiger charge is -2.38. The van der Waals surface area contributed by atoms with Crippen LogP contribution in [0.1, 0.15) is 54.1 Å². The third-order valence-electron chi connectivity index (χ3n) is 6.60. The van der Waals surface area contributed by atoms with E-state index < -0.39 is 5.92 Å². The first-order valence-electron chi connectivity index (χ1n) is 10.3. The number of hydrogen-bond donors (Lipinski definition) is 0. The van der Waals surface area contributed by atoms with Crippen molar-refractivity contribution < 1.29 is 19.1 Å². The number of aliphatic imine (C=N–C) groups is 1. The van der Waals surface area contributed by atoms with Gasteiger partial charge in [-0.05, 0) is 29.5 Å². The van der Waals surface area contributed by atoms with E-state index >= 15 is 0 Å². The maximum atomic E-state index is 13.5. The van der Waals surface area contributed by atoms with Crippen molar-refractivity contribution in [3.05, 3.63) is 70.4 Å². The van der Waals surface area contributed by atoms with Crippen LogP contribution in [0.5, 0.6) is 11.5 Å². The van der Waals surface area contributed by atoms with Gasteiger partial charge < -0.3 is 9.47 Å². The van der Waals surface area contributed by atoms with Crippen LogP contribution >= 0.6 is 0 Å². The van der Waals surface area contributed by atoms with Crippen LogP contribution in [0.15, 0.2) is 58.7 Å². The molecule has 30 heavy (non-hydrogen) atoms. The van der Waals surface area contributed by atoms with Crippen molar-refractivity contribution in [3.63, 3.8) is 0 Å². The van der Waals surface area contributed by atoms with Crippen molar-refractivity contribution in [3.8, 4) is 11.5 Å². The lowest BCUT2D eigenvalue weighted by Crippen LogP contribution is -2.37. The van der Waals surface area contributed by atoms with Crippen LogP contribution in [0.4, 0.5) is 0 Å². The molecule has 150 valence electrons. The third-order valence-corrected chi connectivity index (χ3v) is 6.60. The fourth-order valence-corrected chi connectivity index (χ4v) is 5.35. The Hall–Kier alpha value is -3.21. The number of hydrogen-bond acceptors (Lipinski definition) is 5. The van der Waals surface area contributed by atoms with Crippen LogP contribution in [0.25, 0.3) is 0 Å². The second kappa shape index (κ2) is 5.91. The molecule has 0 amide bonds. The molecule has 4 aliphatic rings. The summed E-state index contributed by atoms with van der Waals surface area (Å²) in [7, 11) is 0. The quantitative estimate of drug-likeness (QED) is 0.710. The molecule has 0 bridgehead atoms. The molecule has 2 unspecified atom stereocenters. The van der Waals surface area contributed by atoms with Gasteiger partial charge in [0, 0.05) is 34.7 Å². The van der Waals surface area contributed by atoms with Crippen molar-refractivity contribution in [2.24, 2.45) is 16.3 Å². The minimum absolute atomic E-state index is 0.0381. The molecule has 5 heteroatoms. The van der Waals surface area contributed by atoms with Crippen LogP contribution < -0.4 is 9.47 Å². The molecule has 2 aromatic carbocycles. The molecule has 5 nitrogen and oxygen atoms in total. The van der Waals surface area contributed by atoms with E-state index in [0.29, 0.717) is 29.1 Å². The predicted octanol–water partition coefficient (Wildman–Crippen LogP) is 4.46. The first-order valence-corrected chi connectivity index (χ1v) is 10.3. The minimum atomic E-state index is -0.480. The van der Waals surface area contributed by atoms with Gasteiger partial charge in [-0.3, -0.25) is 14.6 Å². The number of allylic oxidation sites excluding steroid dienone is 2. The molecule has 0 spiro atoms. The molecular weight excluding hydrogens is 378 g/mol. The Bertz CT molecular complexity index is 1200. The molecule has 0 saturated heterocycles. The number of nitrogens with zero attached hydrogens (tertiary/aromatic N) is 1. The van der Waals surface area contributed by atoms with Crippen LogP contribution in [0.3, 0.4) is 0 Å². The van der Waals surface area contributed by atoms with E-state index in [1.54, 1.807) is 0 Å². The second-order valence-electron chi connectivity index (χ2n) is 9.28. The summed E-state index contributed by atoms with van der Waals surface area (Å²) >= 11 is 0. The van der Waals surface area contributed by atoms with Gasteiger partial charge in [-0.15, -0.1) is 0 Å². The van der Waals surface area contributed by atoms with Gasteiger partial charge in [0.1, 0.15) is 0 Å². The number of carbonyl (C=O) groups excluding carboxylic acids is 2. The molecule has 2 aliphatic heterocycles. The number of benzene rings is 2. The Balaban J connectivity index is 1.59. The molecule has 0 fully saturated rings. The fraction of sp³-hybridized carbons (Fsp3) is 0.320. The van der Waals surface area contributed by atoms with Crippen molar-refractivity contribution >= 4 is 17.3 Å².